The number of nitrogens with one attached hydrogen (secondary N) is 1. The summed E-state index contributed by atoms with van der Waals surface area (Å²) in [5.74, 6) is 0.864. The lowest BCUT2D eigenvalue weighted by Crippen LogP contribution is -2.43. The largest absolute Gasteiger partial charge is 0.347 e. The van der Waals surface area contributed by atoms with Gasteiger partial charge in [0.25, 0.3) is 0 Å². The lowest BCUT2D eigenvalue weighted by Gasteiger charge is -2.31. The van der Waals surface area contributed by atoms with Gasteiger partial charge in [-0.05, 0) is 25.0 Å². The summed E-state index contributed by atoms with van der Waals surface area (Å²) in [4.78, 5) is 24.1. The van der Waals surface area contributed by atoms with Crippen molar-refractivity contribution >= 4 is 32.6 Å². The number of anilines is 1. The number of fused-ring (bicyclic) bond motifs is 1. The fourth-order valence-electron chi connectivity index (χ4n) is 3.70. The molecule has 0 spiro atoms. The Morgan fingerprint density at radius 3 is 2.83 bits per heavy atom. The van der Waals surface area contributed by atoms with Crippen molar-refractivity contribution in [3.05, 3.63) is 60.5 Å². The molecule has 8 heteroatoms. The first-order valence-corrected chi connectivity index (χ1v) is 10.8. The SMILES string of the molecule is O=C(NCc1nc(-c2ccccc2)no1)C1CCCN(c2nc3ccccc3s2)C1. The average molecular weight is 420 g/mol. The normalized spacial score (nSPS) is 16.7. The second-order valence-electron chi connectivity index (χ2n) is 7.34. The van der Waals surface area contributed by atoms with Gasteiger partial charge in [0.1, 0.15) is 0 Å². The number of nitrogens with zero attached hydrogens (tertiary/aromatic N) is 4. The molecule has 5 rings (SSSR count). The van der Waals surface area contributed by atoms with E-state index >= 15 is 0 Å². The summed E-state index contributed by atoms with van der Waals surface area (Å²) in [5, 5.41) is 7.93. The number of para-hydroxylation sites is 1. The van der Waals surface area contributed by atoms with Crippen molar-refractivity contribution in [3.63, 3.8) is 0 Å². The van der Waals surface area contributed by atoms with E-state index in [-0.39, 0.29) is 18.4 Å². The van der Waals surface area contributed by atoms with E-state index in [9.17, 15) is 4.79 Å². The summed E-state index contributed by atoms with van der Waals surface area (Å²) in [5.41, 5.74) is 1.90. The van der Waals surface area contributed by atoms with Gasteiger partial charge in [-0.1, -0.05) is 59.0 Å². The Bertz CT molecular complexity index is 1120. The molecule has 1 aliphatic heterocycles. The molecule has 1 N–H and O–H groups in total. The van der Waals surface area contributed by atoms with Gasteiger partial charge in [0.2, 0.25) is 17.6 Å². The van der Waals surface area contributed by atoms with Gasteiger partial charge >= 0.3 is 0 Å². The summed E-state index contributed by atoms with van der Waals surface area (Å²) in [6.07, 6.45) is 1.83. The van der Waals surface area contributed by atoms with Crippen LogP contribution in [-0.4, -0.2) is 34.1 Å². The average Bonchev–Trinajstić information content (AvgIpc) is 3.45. The van der Waals surface area contributed by atoms with E-state index < -0.39 is 0 Å². The Morgan fingerprint density at radius 2 is 1.97 bits per heavy atom. The third kappa shape index (κ3) is 3.91. The molecule has 4 aromatic rings. The third-order valence-corrected chi connectivity index (χ3v) is 6.36. The molecule has 0 bridgehead atoms. The minimum absolute atomic E-state index is 0.0141. The van der Waals surface area contributed by atoms with Crippen LogP contribution in [0.1, 0.15) is 18.7 Å². The van der Waals surface area contributed by atoms with E-state index in [0.29, 0.717) is 18.3 Å². The zero-order chi connectivity index (χ0) is 20.3. The molecule has 1 aliphatic rings. The highest BCUT2D eigenvalue weighted by Gasteiger charge is 2.27. The van der Waals surface area contributed by atoms with E-state index in [4.69, 9.17) is 9.51 Å². The maximum absolute atomic E-state index is 12.8. The van der Waals surface area contributed by atoms with E-state index in [1.165, 1.54) is 4.70 Å². The highest BCUT2D eigenvalue weighted by molar-refractivity contribution is 7.22. The molecule has 2 aromatic heterocycles. The molecule has 1 unspecified atom stereocenters. The number of piperidine rings is 1. The molecule has 0 radical (unpaired) electrons. The van der Waals surface area contributed by atoms with Crippen molar-refractivity contribution in [2.75, 3.05) is 18.0 Å². The molecule has 2 aromatic carbocycles. The number of thiazole rings is 1. The molecule has 1 fully saturated rings. The van der Waals surface area contributed by atoms with E-state index in [2.05, 4.69) is 26.4 Å². The molecular weight excluding hydrogens is 398 g/mol. The first-order chi connectivity index (χ1) is 14.8. The summed E-state index contributed by atoms with van der Waals surface area (Å²) < 4.78 is 6.46. The van der Waals surface area contributed by atoms with Gasteiger partial charge < -0.3 is 14.7 Å². The van der Waals surface area contributed by atoms with Crippen molar-refractivity contribution < 1.29 is 9.32 Å². The number of amides is 1. The summed E-state index contributed by atoms with van der Waals surface area (Å²) in [6.45, 7) is 1.83. The van der Waals surface area contributed by atoms with E-state index in [1.54, 1.807) is 11.3 Å². The zero-order valence-corrected chi connectivity index (χ0v) is 17.1. The number of carbonyl (C=O) groups excluding carboxylic acids is 1. The number of rotatable bonds is 5. The van der Waals surface area contributed by atoms with Gasteiger partial charge in [-0.15, -0.1) is 0 Å². The molecule has 1 atom stereocenters. The number of carbonyl (C=O) groups is 1. The number of hydrogen-bond acceptors (Lipinski definition) is 7. The topological polar surface area (TPSA) is 84.2 Å². The summed E-state index contributed by atoms with van der Waals surface area (Å²) >= 11 is 1.68. The van der Waals surface area contributed by atoms with Crippen molar-refractivity contribution in [2.45, 2.75) is 19.4 Å². The highest BCUT2D eigenvalue weighted by Crippen LogP contribution is 2.31. The van der Waals surface area contributed by atoms with Crippen molar-refractivity contribution in [1.82, 2.24) is 20.4 Å². The molecule has 1 amide bonds. The predicted octanol–water partition coefficient (Wildman–Crippen LogP) is 3.88. The van der Waals surface area contributed by atoms with Crippen LogP contribution in [0.4, 0.5) is 5.13 Å². The van der Waals surface area contributed by atoms with Gasteiger partial charge in [-0.2, -0.15) is 4.98 Å². The Morgan fingerprint density at radius 1 is 1.13 bits per heavy atom. The Kier molecular flexibility index (Phi) is 5.15. The Balaban J connectivity index is 1.20. The maximum atomic E-state index is 12.8. The van der Waals surface area contributed by atoms with E-state index in [1.807, 2.05) is 48.5 Å². The maximum Gasteiger partial charge on any atom is 0.246 e. The first kappa shape index (κ1) is 18.7. The second kappa shape index (κ2) is 8.23. The Hall–Kier alpha value is -3.26. The van der Waals surface area contributed by atoms with Crippen LogP contribution in [-0.2, 0) is 11.3 Å². The first-order valence-electron chi connectivity index (χ1n) is 10.0. The van der Waals surface area contributed by atoms with Gasteiger partial charge in [0.15, 0.2) is 5.13 Å². The van der Waals surface area contributed by atoms with Gasteiger partial charge in [0.05, 0.1) is 22.7 Å². The van der Waals surface area contributed by atoms with Gasteiger partial charge in [-0.25, -0.2) is 4.98 Å². The van der Waals surface area contributed by atoms with Crippen LogP contribution in [0.3, 0.4) is 0 Å². The van der Waals surface area contributed by atoms with Crippen LogP contribution in [0.15, 0.2) is 59.1 Å². The molecule has 1 saturated heterocycles. The third-order valence-electron chi connectivity index (χ3n) is 5.26. The number of aromatic nitrogens is 3. The van der Waals surface area contributed by atoms with E-state index in [0.717, 1.165) is 35.6 Å². The number of benzene rings is 2. The predicted molar refractivity (Wildman–Crippen MR) is 116 cm³/mol. The number of hydrogen-bond donors (Lipinski definition) is 1. The molecule has 30 heavy (non-hydrogen) atoms. The molecular formula is C22H21N5O2S. The fraction of sp³-hybridized carbons (Fsp3) is 0.273. The Labute approximate surface area is 177 Å². The lowest BCUT2D eigenvalue weighted by molar-refractivity contribution is -0.125. The van der Waals surface area contributed by atoms with Gasteiger partial charge in [0, 0.05) is 18.7 Å². The smallest absolute Gasteiger partial charge is 0.246 e. The van der Waals surface area contributed by atoms with Crippen LogP contribution >= 0.6 is 11.3 Å². The highest BCUT2D eigenvalue weighted by atomic mass is 32.1. The summed E-state index contributed by atoms with van der Waals surface area (Å²) in [6, 6.07) is 17.8. The van der Waals surface area contributed by atoms with Crippen LogP contribution in [0.25, 0.3) is 21.6 Å². The summed E-state index contributed by atoms with van der Waals surface area (Å²) in [7, 11) is 0. The lowest BCUT2D eigenvalue weighted by atomic mass is 9.97. The second-order valence-corrected chi connectivity index (χ2v) is 8.35. The quantitative estimate of drug-likeness (QED) is 0.529. The fourth-order valence-corrected chi connectivity index (χ4v) is 4.70. The van der Waals surface area contributed by atoms with Crippen LogP contribution in [0.2, 0.25) is 0 Å². The van der Waals surface area contributed by atoms with Crippen LogP contribution in [0, 0.1) is 5.92 Å². The molecule has 152 valence electrons. The molecule has 3 heterocycles. The van der Waals surface area contributed by atoms with Crippen molar-refractivity contribution in [1.29, 1.82) is 0 Å². The van der Waals surface area contributed by atoms with Gasteiger partial charge in [-0.3, -0.25) is 4.79 Å². The molecule has 0 saturated carbocycles. The monoisotopic (exact) mass is 419 g/mol. The van der Waals surface area contributed by atoms with Crippen LogP contribution in [0.5, 0.6) is 0 Å². The zero-order valence-electron chi connectivity index (χ0n) is 16.3. The minimum Gasteiger partial charge on any atom is -0.347 e. The van der Waals surface area contributed by atoms with Crippen molar-refractivity contribution in [2.24, 2.45) is 5.92 Å². The van der Waals surface area contributed by atoms with Crippen molar-refractivity contribution in [3.8, 4) is 11.4 Å². The molecule has 7 nitrogen and oxygen atoms in total. The molecule has 0 aliphatic carbocycles. The van der Waals surface area contributed by atoms with Crippen LogP contribution < -0.4 is 10.2 Å². The standard InChI is InChI=1S/C22H21N5O2S/c28-21(23-13-19-25-20(26-29-19)15-7-2-1-3-8-15)16-9-6-12-27(14-16)22-24-17-10-4-5-11-18(17)30-22/h1-5,7-8,10-11,16H,6,9,12-14H2,(H,23,28). The minimum atomic E-state index is -0.0812.